The van der Waals surface area contributed by atoms with Gasteiger partial charge in [0.05, 0.1) is 0 Å². The number of fused-ring (bicyclic) bond motifs is 1. The highest BCUT2D eigenvalue weighted by atomic mass is 14.2. The molecule has 0 N–H and O–H groups in total. The average molecular weight is 304 g/mol. The van der Waals surface area contributed by atoms with Gasteiger partial charge < -0.3 is 0 Å². The monoisotopic (exact) mass is 304 g/mol. The smallest absolute Gasteiger partial charge is 0.00517 e. The van der Waals surface area contributed by atoms with Gasteiger partial charge in [0.2, 0.25) is 0 Å². The molecule has 0 bridgehead atoms. The molecule has 0 aromatic heterocycles. The van der Waals surface area contributed by atoms with Gasteiger partial charge in [0.1, 0.15) is 0 Å². The van der Waals surface area contributed by atoms with E-state index < -0.39 is 0 Å². The first-order valence-electron chi connectivity index (χ1n) is 8.91. The van der Waals surface area contributed by atoms with Crippen molar-refractivity contribution in [3.63, 3.8) is 0 Å². The zero-order chi connectivity index (χ0) is 16.4. The van der Waals surface area contributed by atoms with Gasteiger partial charge in [-0.05, 0) is 52.5 Å². The number of benzene rings is 2. The first kappa shape index (κ1) is 16.1. The average Bonchev–Trinajstić information content (AvgIpc) is 2.95. The second-order valence-corrected chi connectivity index (χ2v) is 7.78. The highest BCUT2D eigenvalue weighted by molar-refractivity contribution is 5.77. The third-order valence-electron chi connectivity index (χ3n) is 4.89. The maximum Gasteiger partial charge on any atom is -0.00517 e. The van der Waals surface area contributed by atoms with E-state index >= 15 is 0 Å². The topological polar surface area (TPSA) is 0 Å². The number of hydrogen-bond acceptors (Lipinski definition) is 0. The fourth-order valence-electron chi connectivity index (χ4n) is 3.42. The summed E-state index contributed by atoms with van der Waals surface area (Å²) in [5.74, 6) is 0. The van der Waals surface area contributed by atoms with Gasteiger partial charge in [-0.1, -0.05) is 88.2 Å². The Bertz CT molecular complexity index is 709. The van der Waals surface area contributed by atoms with Gasteiger partial charge in [0.25, 0.3) is 0 Å². The van der Waals surface area contributed by atoms with E-state index in [1.165, 1.54) is 47.1 Å². The summed E-state index contributed by atoms with van der Waals surface area (Å²) >= 11 is 0. The lowest BCUT2D eigenvalue weighted by atomic mass is 9.85. The Morgan fingerprint density at radius 2 is 1.70 bits per heavy atom. The van der Waals surface area contributed by atoms with Crippen LogP contribution in [0.25, 0.3) is 17.2 Å². The number of hydrogen-bond donors (Lipinski definition) is 0. The molecule has 0 aliphatic heterocycles. The van der Waals surface area contributed by atoms with E-state index in [9.17, 15) is 0 Å². The van der Waals surface area contributed by atoms with Gasteiger partial charge in [-0.15, -0.1) is 0 Å². The Morgan fingerprint density at radius 3 is 2.35 bits per heavy atom. The Labute approximate surface area is 141 Å². The van der Waals surface area contributed by atoms with Crippen molar-refractivity contribution in [2.45, 2.75) is 58.8 Å². The molecular weight excluding hydrogens is 276 g/mol. The fraction of sp³-hybridized carbons (Fsp3) is 0.391. The third-order valence-corrected chi connectivity index (χ3v) is 4.89. The van der Waals surface area contributed by atoms with Crippen molar-refractivity contribution in [2.24, 2.45) is 0 Å². The molecule has 0 heterocycles. The first-order valence-corrected chi connectivity index (χ1v) is 8.91. The Kier molecular flexibility index (Phi) is 4.43. The molecule has 0 amide bonds. The minimum Gasteiger partial charge on any atom is -0.0654 e. The van der Waals surface area contributed by atoms with Crippen molar-refractivity contribution < 1.29 is 0 Å². The van der Waals surface area contributed by atoms with Crippen LogP contribution in [0.1, 0.15) is 63.6 Å². The predicted molar refractivity (Wildman–Crippen MR) is 102 cm³/mol. The Balaban J connectivity index is 1.89. The van der Waals surface area contributed by atoms with E-state index in [1.807, 2.05) is 0 Å². The minimum absolute atomic E-state index is 0.214. The normalized spacial score (nSPS) is 13.8. The lowest BCUT2D eigenvalue weighted by Crippen LogP contribution is -2.10. The van der Waals surface area contributed by atoms with E-state index in [4.69, 9.17) is 0 Å². The van der Waals surface area contributed by atoms with Crippen LogP contribution < -0.4 is 0 Å². The molecule has 120 valence electrons. The molecule has 2 aromatic rings. The lowest BCUT2D eigenvalue weighted by Gasteiger charge is -2.19. The molecule has 0 saturated heterocycles. The van der Waals surface area contributed by atoms with Crippen LogP contribution in [-0.4, -0.2) is 0 Å². The first-order chi connectivity index (χ1) is 11.0. The summed E-state index contributed by atoms with van der Waals surface area (Å²) in [6.07, 6.45) is 7.36. The molecule has 0 saturated carbocycles. The van der Waals surface area contributed by atoms with Gasteiger partial charge in [-0.25, -0.2) is 0 Å². The molecule has 0 fully saturated rings. The maximum atomic E-state index is 2.41. The van der Waals surface area contributed by atoms with Crippen molar-refractivity contribution >= 4 is 6.08 Å². The Morgan fingerprint density at radius 1 is 0.957 bits per heavy atom. The Hall–Kier alpha value is -1.82. The third kappa shape index (κ3) is 3.42. The zero-order valence-corrected chi connectivity index (χ0v) is 14.9. The summed E-state index contributed by atoms with van der Waals surface area (Å²) in [6, 6.07) is 15.9. The largest absolute Gasteiger partial charge is 0.0654 e. The molecular formula is C23H28. The van der Waals surface area contributed by atoms with Crippen LogP contribution in [0.5, 0.6) is 0 Å². The standard InChI is InChI=1S/C23H28/c1-5-6-8-17-15-19-9-7-10-21(22(19)16-17)18-11-13-20(14-12-18)23(2,3)4/h7,9-15H,5-6,8,16H2,1-4H3. The number of unbranched alkanes of at least 4 members (excludes halogenated alkanes) is 1. The van der Waals surface area contributed by atoms with Crippen LogP contribution in [0, 0.1) is 0 Å². The van der Waals surface area contributed by atoms with E-state index in [0.717, 1.165) is 6.42 Å². The van der Waals surface area contributed by atoms with Crippen molar-refractivity contribution in [1.82, 2.24) is 0 Å². The highest BCUT2D eigenvalue weighted by Crippen LogP contribution is 2.36. The summed E-state index contributed by atoms with van der Waals surface area (Å²) in [5.41, 5.74) is 8.91. The molecule has 23 heavy (non-hydrogen) atoms. The van der Waals surface area contributed by atoms with Crippen LogP contribution >= 0.6 is 0 Å². The fourth-order valence-corrected chi connectivity index (χ4v) is 3.42. The van der Waals surface area contributed by atoms with Crippen molar-refractivity contribution in [1.29, 1.82) is 0 Å². The molecule has 0 spiro atoms. The van der Waals surface area contributed by atoms with Gasteiger partial charge in [0.15, 0.2) is 0 Å². The molecule has 0 nitrogen and oxygen atoms in total. The second kappa shape index (κ2) is 6.35. The van der Waals surface area contributed by atoms with Crippen LogP contribution in [0.4, 0.5) is 0 Å². The molecule has 0 unspecified atom stereocenters. The molecule has 1 aliphatic rings. The van der Waals surface area contributed by atoms with E-state index in [1.54, 1.807) is 5.57 Å². The number of rotatable bonds is 4. The summed E-state index contributed by atoms with van der Waals surface area (Å²) in [7, 11) is 0. The predicted octanol–water partition coefficient (Wildman–Crippen LogP) is 6.78. The molecule has 0 heteroatoms. The van der Waals surface area contributed by atoms with Crippen LogP contribution in [0.3, 0.4) is 0 Å². The van der Waals surface area contributed by atoms with Gasteiger partial charge in [-0.3, -0.25) is 0 Å². The molecule has 2 aromatic carbocycles. The van der Waals surface area contributed by atoms with E-state index in [0.29, 0.717) is 0 Å². The van der Waals surface area contributed by atoms with E-state index in [2.05, 4.69) is 76.2 Å². The minimum atomic E-state index is 0.214. The van der Waals surface area contributed by atoms with Crippen LogP contribution in [0.15, 0.2) is 48.0 Å². The van der Waals surface area contributed by atoms with Gasteiger partial charge in [0, 0.05) is 0 Å². The van der Waals surface area contributed by atoms with Crippen molar-refractivity contribution in [3.8, 4) is 11.1 Å². The van der Waals surface area contributed by atoms with Crippen LogP contribution in [-0.2, 0) is 11.8 Å². The van der Waals surface area contributed by atoms with Crippen LogP contribution in [0.2, 0.25) is 0 Å². The number of allylic oxidation sites excluding steroid dienone is 1. The van der Waals surface area contributed by atoms with Gasteiger partial charge in [-0.2, -0.15) is 0 Å². The van der Waals surface area contributed by atoms with Crippen molar-refractivity contribution in [2.75, 3.05) is 0 Å². The quantitative estimate of drug-likeness (QED) is 0.584. The second-order valence-electron chi connectivity index (χ2n) is 7.78. The summed E-state index contributed by atoms with van der Waals surface area (Å²) in [6.45, 7) is 9.08. The zero-order valence-electron chi connectivity index (χ0n) is 14.9. The molecule has 1 aliphatic carbocycles. The molecule has 0 atom stereocenters. The lowest BCUT2D eigenvalue weighted by molar-refractivity contribution is 0.590. The summed E-state index contributed by atoms with van der Waals surface area (Å²) in [4.78, 5) is 0. The van der Waals surface area contributed by atoms with Crippen molar-refractivity contribution in [3.05, 3.63) is 64.7 Å². The molecule has 0 radical (unpaired) electrons. The maximum absolute atomic E-state index is 2.41. The SMILES string of the molecule is CCCCC1=Cc2cccc(-c3ccc(C(C)(C)C)cc3)c2C1. The molecule has 3 rings (SSSR count). The summed E-state index contributed by atoms with van der Waals surface area (Å²) < 4.78 is 0. The highest BCUT2D eigenvalue weighted by Gasteiger charge is 2.18. The van der Waals surface area contributed by atoms with Gasteiger partial charge >= 0.3 is 0 Å². The summed E-state index contributed by atoms with van der Waals surface area (Å²) in [5, 5.41) is 0. The van der Waals surface area contributed by atoms with E-state index in [-0.39, 0.29) is 5.41 Å².